The largest absolute Gasteiger partial charge is 0.324 e. The zero-order valence-electron chi connectivity index (χ0n) is 18.8. The Balaban J connectivity index is 1.64. The molecular formula is C26H28N6. The van der Waals surface area contributed by atoms with Crippen LogP contribution in [0.5, 0.6) is 0 Å². The van der Waals surface area contributed by atoms with Crippen molar-refractivity contribution in [1.29, 1.82) is 0 Å². The first kappa shape index (κ1) is 21.3. The molecule has 3 aromatic carbocycles. The molecular weight excluding hydrogens is 396 g/mol. The number of nitrogens with zero attached hydrogens (tertiary/aromatic N) is 3. The highest BCUT2D eigenvalue weighted by molar-refractivity contribution is 5.62. The molecule has 32 heavy (non-hydrogen) atoms. The number of aromatic nitrogens is 3. The summed E-state index contributed by atoms with van der Waals surface area (Å²) in [6.45, 7) is 8.47. The summed E-state index contributed by atoms with van der Waals surface area (Å²) in [6, 6.07) is 24.5. The van der Waals surface area contributed by atoms with E-state index < -0.39 is 0 Å². The molecule has 1 heterocycles. The van der Waals surface area contributed by atoms with Gasteiger partial charge in [0.15, 0.2) is 0 Å². The molecule has 0 aliphatic rings. The van der Waals surface area contributed by atoms with Crippen molar-refractivity contribution in [3.63, 3.8) is 0 Å². The summed E-state index contributed by atoms with van der Waals surface area (Å²) in [5.74, 6) is 1.86. The van der Waals surface area contributed by atoms with Crippen molar-refractivity contribution in [2.45, 2.75) is 33.6 Å². The topological polar surface area (TPSA) is 74.8 Å². The maximum atomic E-state index is 4.59. The van der Waals surface area contributed by atoms with E-state index in [-0.39, 0.29) is 0 Å². The van der Waals surface area contributed by atoms with Gasteiger partial charge in [0, 0.05) is 17.1 Å². The van der Waals surface area contributed by atoms with Crippen molar-refractivity contribution in [1.82, 2.24) is 15.0 Å². The molecule has 0 saturated heterocycles. The highest BCUT2D eigenvalue weighted by Gasteiger charge is 2.09. The SMILES string of the molecule is Cc1cccc(Nc2nc(Nc3ccc(C(C)C)cc3)nc(Nc3cccc(C)c3)n2)c1. The van der Waals surface area contributed by atoms with Crippen LogP contribution >= 0.6 is 0 Å². The second-order valence-corrected chi connectivity index (χ2v) is 8.20. The highest BCUT2D eigenvalue weighted by Crippen LogP contribution is 2.23. The number of nitrogens with one attached hydrogen (secondary N) is 3. The van der Waals surface area contributed by atoms with Gasteiger partial charge in [0.25, 0.3) is 0 Å². The molecule has 162 valence electrons. The van der Waals surface area contributed by atoms with Crippen LogP contribution in [-0.2, 0) is 0 Å². The summed E-state index contributed by atoms with van der Waals surface area (Å²) in [5.41, 5.74) is 6.37. The molecule has 0 unspecified atom stereocenters. The molecule has 4 aromatic rings. The highest BCUT2D eigenvalue weighted by atomic mass is 15.3. The third-order valence-electron chi connectivity index (χ3n) is 5.02. The van der Waals surface area contributed by atoms with Crippen LogP contribution in [-0.4, -0.2) is 15.0 Å². The smallest absolute Gasteiger partial charge is 0.233 e. The lowest BCUT2D eigenvalue weighted by Crippen LogP contribution is -2.07. The molecule has 0 aliphatic heterocycles. The van der Waals surface area contributed by atoms with E-state index in [2.05, 4.69) is 95.0 Å². The van der Waals surface area contributed by atoms with E-state index >= 15 is 0 Å². The van der Waals surface area contributed by atoms with Crippen LogP contribution in [0.25, 0.3) is 0 Å². The maximum absolute atomic E-state index is 4.59. The standard InChI is InChI=1S/C26H28N6/c1-17(2)20-11-13-21(14-12-20)27-24-30-25(28-22-9-5-7-18(3)15-22)32-26(31-24)29-23-10-6-8-19(4)16-23/h5-17H,1-4H3,(H3,27,28,29,30,31,32). The molecule has 0 radical (unpaired) electrons. The van der Waals surface area contributed by atoms with Gasteiger partial charge in [-0.15, -0.1) is 0 Å². The molecule has 0 saturated carbocycles. The fraction of sp³-hybridized carbons (Fsp3) is 0.192. The van der Waals surface area contributed by atoms with Crippen molar-refractivity contribution in [3.8, 4) is 0 Å². The van der Waals surface area contributed by atoms with Crippen LogP contribution in [0.15, 0.2) is 72.8 Å². The Bertz CT molecular complexity index is 1140. The van der Waals surface area contributed by atoms with Gasteiger partial charge in [0.05, 0.1) is 0 Å². The van der Waals surface area contributed by atoms with E-state index in [9.17, 15) is 0 Å². The predicted octanol–water partition coefficient (Wildman–Crippen LogP) is 6.84. The summed E-state index contributed by atoms with van der Waals surface area (Å²) in [4.78, 5) is 13.7. The lowest BCUT2D eigenvalue weighted by Gasteiger charge is -2.12. The van der Waals surface area contributed by atoms with Crippen molar-refractivity contribution in [2.75, 3.05) is 16.0 Å². The Labute approximate surface area is 189 Å². The third kappa shape index (κ3) is 5.60. The Kier molecular flexibility index (Phi) is 6.31. The normalized spacial score (nSPS) is 10.8. The van der Waals surface area contributed by atoms with Gasteiger partial charge in [-0.2, -0.15) is 15.0 Å². The first-order chi connectivity index (χ1) is 15.4. The molecule has 4 rings (SSSR count). The minimum absolute atomic E-state index is 0.460. The van der Waals surface area contributed by atoms with Crippen LogP contribution < -0.4 is 16.0 Å². The van der Waals surface area contributed by atoms with E-state index in [0.29, 0.717) is 23.8 Å². The molecule has 0 atom stereocenters. The summed E-state index contributed by atoms with van der Waals surface area (Å²) >= 11 is 0. The molecule has 0 amide bonds. The fourth-order valence-corrected chi connectivity index (χ4v) is 3.33. The number of hydrogen-bond donors (Lipinski definition) is 3. The minimum Gasteiger partial charge on any atom is -0.324 e. The molecule has 6 heteroatoms. The summed E-state index contributed by atoms with van der Waals surface area (Å²) < 4.78 is 0. The van der Waals surface area contributed by atoms with Gasteiger partial charge in [0.1, 0.15) is 0 Å². The number of rotatable bonds is 7. The average molecular weight is 425 g/mol. The van der Waals surface area contributed by atoms with Gasteiger partial charge in [0.2, 0.25) is 17.8 Å². The Morgan fingerprint density at radius 2 is 1.00 bits per heavy atom. The molecule has 0 fully saturated rings. The molecule has 0 aliphatic carbocycles. The molecule has 1 aromatic heterocycles. The van der Waals surface area contributed by atoms with Crippen molar-refractivity contribution < 1.29 is 0 Å². The van der Waals surface area contributed by atoms with E-state index in [0.717, 1.165) is 28.2 Å². The van der Waals surface area contributed by atoms with E-state index in [1.807, 2.05) is 36.4 Å². The van der Waals surface area contributed by atoms with E-state index in [4.69, 9.17) is 0 Å². The van der Waals surface area contributed by atoms with Crippen LogP contribution in [0.4, 0.5) is 34.9 Å². The van der Waals surface area contributed by atoms with Gasteiger partial charge < -0.3 is 16.0 Å². The van der Waals surface area contributed by atoms with Crippen molar-refractivity contribution in [3.05, 3.63) is 89.5 Å². The molecule has 3 N–H and O–H groups in total. The van der Waals surface area contributed by atoms with Crippen LogP contribution in [0.3, 0.4) is 0 Å². The first-order valence-electron chi connectivity index (χ1n) is 10.7. The Morgan fingerprint density at radius 3 is 1.41 bits per heavy atom. The molecule has 0 spiro atoms. The van der Waals surface area contributed by atoms with Gasteiger partial charge in [-0.05, 0) is 72.9 Å². The second-order valence-electron chi connectivity index (χ2n) is 8.20. The number of hydrogen-bond acceptors (Lipinski definition) is 6. The maximum Gasteiger partial charge on any atom is 0.233 e. The zero-order valence-corrected chi connectivity index (χ0v) is 18.8. The van der Waals surface area contributed by atoms with Crippen LogP contribution in [0, 0.1) is 13.8 Å². The predicted molar refractivity (Wildman–Crippen MR) is 133 cm³/mol. The number of benzene rings is 3. The second kappa shape index (κ2) is 9.47. The van der Waals surface area contributed by atoms with E-state index in [1.165, 1.54) is 5.56 Å². The lowest BCUT2D eigenvalue weighted by molar-refractivity contribution is 0.867. The number of anilines is 6. The van der Waals surface area contributed by atoms with Crippen molar-refractivity contribution >= 4 is 34.9 Å². The summed E-state index contributed by atoms with van der Waals surface area (Å²) in [5, 5.41) is 9.88. The Morgan fingerprint density at radius 1 is 0.562 bits per heavy atom. The van der Waals surface area contributed by atoms with Gasteiger partial charge >= 0.3 is 0 Å². The summed E-state index contributed by atoms with van der Waals surface area (Å²) in [6.07, 6.45) is 0. The van der Waals surface area contributed by atoms with Crippen molar-refractivity contribution in [2.24, 2.45) is 0 Å². The van der Waals surface area contributed by atoms with Crippen LogP contribution in [0.1, 0.15) is 36.5 Å². The minimum atomic E-state index is 0.460. The zero-order chi connectivity index (χ0) is 22.5. The lowest BCUT2D eigenvalue weighted by atomic mass is 10.0. The van der Waals surface area contributed by atoms with Gasteiger partial charge in [-0.1, -0.05) is 50.2 Å². The fourth-order valence-electron chi connectivity index (χ4n) is 3.33. The third-order valence-corrected chi connectivity index (χ3v) is 5.02. The van der Waals surface area contributed by atoms with E-state index in [1.54, 1.807) is 0 Å². The molecule has 0 bridgehead atoms. The van der Waals surface area contributed by atoms with Gasteiger partial charge in [-0.3, -0.25) is 0 Å². The Hall–Kier alpha value is -3.93. The first-order valence-corrected chi connectivity index (χ1v) is 10.7. The monoisotopic (exact) mass is 424 g/mol. The quantitative estimate of drug-likeness (QED) is 0.301. The van der Waals surface area contributed by atoms with Crippen LogP contribution in [0.2, 0.25) is 0 Å². The average Bonchev–Trinajstić information content (AvgIpc) is 2.74. The number of aryl methyl sites for hydroxylation is 2. The molecule has 6 nitrogen and oxygen atoms in total. The summed E-state index contributed by atoms with van der Waals surface area (Å²) in [7, 11) is 0. The van der Waals surface area contributed by atoms with Gasteiger partial charge in [-0.25, -0.2) is 0 Å².